The summed E-state index contributed by atoms with van der Waals surface area (Å²) in [5, 5.41) is 12.4. The molecule has 15 aromatic rings. The Morgan fingerprint density at radius 2 is 0.667 bits per heavy atom. The van der Waals surface area contributed by atoms with Crippen LogP contribution in [-0.2, 0) is 0 Å². The molecule has 15 rings (SSSR count). The molecule has 0 aliphatic rings. The fraction of sp³-hybridized carbons (Fsp3) is 0. The number of hydrogen-bond acceptors (Lipinski definition) is 2. The van der Waals surface area contributed by atoms with Gasteiger partial charge in [-0.25, -0.2) is 0 Å². The second-order valence-corrected chi connectivity index (χ2v) is 18.8. The lowest BCUT2D eigenvalue weighted by Gasteiger charge is -2.28. The molecule has 0 radical (unpaired) electrons. The van der Waals surface area contributed by atoms with Gasteiger partial charge in [0.15, 0.2) is 0 Å². The molecule has 336 valence electrons. The van der Waals surface area contributed by atoms with Crippen molar-refractivity contribution in [2.75, 3.05) is 9.80 Å². The number of hydrogen-bond donors (Lipinski definition) is 0. The van der Waals surface area contributed by atoms with Gasteiger partial charge in [-0.2, -0.15) is 0 Å². The molecule has 4 nitrogen and oxygen atoms in total. The first-order chi connectivity index (χ1) is 35.8. The molecule has 0 bridgehead atoms. The van der Waals surface area contributed by atoms with Crippen LogP contribution in [0.2, 0.25) is 0 Å². The Balaban J connectivity index is 0.872. The highest BCUT2D eigenvalue weighted by Crippen LogP contribution is 2.49. The maximum Gasteiger partial charge on any atom is 0.0548 e. The van der Waals surface area contributed by atoms with Crippen LogP contribution in [0.3, 0.4) is 0 Å². The minimum Gasteiger partial charge on any atom is -0.310 e. The lowest BCUT2D eigenvalue weighted by atomic mass is 9.95. The van der Waals surface area contributed by atoms with E-state index >= 15 is 0 Å². The van der Waals surface area contributed by atoms with E-state index in [2.05, 4.69) is 286 Å². The standard InChI is InChI=1S/C68H44N4/c1-5-19-48(20-6-1)69(59-41-43-63-67-56(59)39-35-46-17-13-31-61(65(46)67)71(63)50-23-9-3-10-24-50)52-37-33-45(34-38-52)53-27-15-29-55-54(53)28-16-30-58(55)70(49-21-7-2-8-22-49)60-42-44-64-68-57(60)40-36-47-18-14-32-62(66(47)68)72(64)51-25-11-4-12-26-51/h1-44H. The third-order valence-electron chi connectivity index (χ3n) is 15.0. The maximum atomic E-state index is 2.46. The fourth-order valence-corrected chi connectivity index (χ4v) is 12.0. The van der Waals surface area contributed by atoms with Crippen LogP contribution in [0.4, 0.5) is 34.1 Å². The van der Waals surface area contributed by atoms with E-state index in [-0.39, 0.29) is 0 Å². The van der Waals surface area contributed by atoms with Crippen LogP contribution < -0.4 is 9.80 Å². The summed E-state index contributed by atoms with van der Waals surface area (Å²) in [6, 6.07) is 97.6. The van der Waals surface area contributed by atoms with Crippen molar-refractivity contribution in [3.8, 4) is 22.5 Å². The highest BCUT2D eigenvalue weighted by molar-refractivity contribution is 6.28. The van der Waals surface area contributed by atoms with Crippen LogP contribution in [0.15, 0.2) is 267 Å². The first-order valence-corrected chi connectivity index (χ1v) is 24.8. The average Bonchev–Trinajstić information content (AvgIpc) is 3.98. The largest absolute Gasteiger partial charge is 0.310 e. The monoisotopic (exact) mass is 916 g/mol. The van der Waals surface area contributed by atoms with E-state index in [1.165, 1.54) is 81.5 Å². The van der Waals surface area contributed by atoms with Gasteiger partial charge in [-0.15, -0.1) is 0 Å². The second-order valence-electron chi connectivity index (χ2n) is 18.8. The van der Waals surface area contributed by atoms with Crippen LogP contribution in [0.5, 0.6) is 0 Å². The molecule has 2 heterocycles. The zero-order valence-corrected chi connectivity index (χ0v) is 39.2. The van der Waals surface area contributed by atoms with Crippen LogP contribution >= 0.6 is 0 Å². The van der Waals surface area contributed by atoms with Crippen molar-refractivity contribution >= 4 is 110 Å². The first-order valence-electron chi connectivity index (χ1n) is 24.8. The Morgan fingerprint density at radius 1 is 0.236 bits per heavy atom. The van der Waals surface area contributed by atoms with Gasteiger partial charge in [0.1, 0.15) is 0 Å². The Labute approximate surface area is 416 Å². The minimum absolute atomic E-state index is 1.09. The summed E-state index contributed by atoms with van der Waals surface area (Å²) in [5.74, 6) is 0. The molecule has 2 aromatic heterocycles. The quantitative estimate of drug-likeness (QED) is 0.134. The Bertz CT molecular complexity index is 4480. The molecule has 0 amide bonds. The van der Waals surface area contributed by atoms with E-state index in [1.54, 1.807) is 0 Å². The summed E-state index contributed by atoms with van der Waals surface area (Å²) in [6.45, 7) is 0. The van der Waals surface area contributed by atoms with Crippen molar-refractivity contribution in [1.29, 1.82) is 0 Å². The SMILES string of the molecule is c1ccc(N(c2ccc(-c3cccc4c(N(c5ccccc5)c5ccc6c7c5ccc5cccc(c57)n6-c5ccccc5)cccc34)cc2)c2ccc3c4c2ccc2cccc(c24)n3-c2ccccc2)cc1. The average molecular weight is 917 g/mol. The zero-order valence-electron chi connectivity index (χ0n) is 39.2. The third-order valence-corrected chi connectivity index (χ3v) is 15.0. The fourth-order valence-electron chi connectivity index (χ4n) is 12.0. The predicted molar refractivity (Wildman–Crippen MR) is 305 cm³/mol. The number of nitrogens with zero attached hydrogens (tertiary/aromatic N) is 4. The molecular weight excluding hydrogens is 873 g/mol. The van der Waals surface area contributed by atoms with E-state index in [9.17, 15) is 0 Å². The molecule has 72 heavy (non-hydrogen) atoms. The number of anilines is 6. The van der Waals surface area contributed by atoms with Crippen molar-refractivity contribution in [2.24, 2.45) is 0 Å². The molecule has 0 spiro atoms. The molecule has 0 aliphatic carbocycles. The van der Waals surface area contributed by atoms with E-state index in [0.717, 1.165) is 51.1 Å². The smallest absolute Gasteiger partial charge is 0.0548 e. The highest BCUT2D eigenvalue weighted by atomic mass is 15.2. The predicted octanol–water partition coefficient (Wildman–Crippen LogP) is 18.8. The van der Waals surface area contributed by atoms with Crippen LogP contribution in [0, 0.1) is 0 Å². The zero-order chi connectivity index (χ0) is 47.3. The van der Waals surface area contributed by atoms with Crippen molar-refractivity contribution in [3.63, 3.8) is 0 Å². The summed E-state index contributed by atoms with van der Waals surface area (Å²) in [6.07, 6.45) is 0. The van der Waals surface area contributed by atoms with Gasteiger partial charge in [-0.05, 0) is 130 Å². The number of aromatic nitrogens is 2. The van der Waals surface area contributed by atoms with E-state index in [0.29, 0.717) is 0 Å². The Kier molecular flexibility index (Phi) is 8.92. The lowest BCUT2D eigenvalue weighted by Crippen LogP contribution is -2.11. The summed E-state index contributed by atoms with van der Waals surface area (Å²) >= 11 is 0. The summed E-state index contributed by atoms with van der Waals surface area (Å²) in [4.78, 5) is 4.88. The van der Waals surface area contributed by atoms with Gasteiger partial charge >= 0.3 is 0 Å². The molecule has 0 aliphatic heterocycles. The van der Waals surface area contributed by atoms with Gasteiger partial charge in [0, 0.05) is 66.1 Å². The topological polar surface area (TPSA) is 16.3 Å². The molecular formula is C68H44N4. The van der Waals surface area contributed by atoms with Crippen molar-refractivity contribution in [3.05, 3.63) is 267 Å². The van der Waals surface area contributed by atoms with Crippen LogP contribution in [0.1, 0.15) is 0 Å². The molecule has 0 atom stereocenters. The lowest BCUT2D eigenvalue weighted by molar-refractivity contribution is 1.18. The number of fused-ring (bicyclic) bond motifs is 1. The molecule has 4 heteroatoms. The minimum atomic E-state index is 1.09. The van der Waals surface area contributed by atoms with E-state index in [1.807, 2.05) is 0 Å². The molecule has 13 aromatic carbocycles. The number of rotatable bonds is 9. The van der Waals surface area contributed by atoms with Gasteiger partial charge in [-0.1, -0.05) is 164 Å². The third kappa shape index (κ3) is 5.99. The molecule has 0 N–H and O–H groups in total. The van der Waals surface area contributed by atoms with Crippen molar-refractivity contribution in [2.45, 2.75) is 0 Å². The Hall–Kier alpha value is -9.64. The van der Waals surface area contributed by atoms with E-state index in [4.69, 9.17) is 0 Å². The van der Waals surface area contributed by atoms with Gasteiger partial charge in [-0.3, -0.25) is 0 Å². The summed E-state index contributed by atoms with van der Waals surface area (Å²) in [5.41, 5.74) is 16.2. The van der Waals surface area contributed by atoms with Gasteiger partial charge < -0.3 is 18.9 Å². The van der Waals surface area contributed by atoms with Gasteiger partial charge in [0.05, 0.1) is 39.1 Å². The van der Waals surface area contributed by atoms with E-state index < -0.39 is 0 Å². The number of benzene rings is 13. The van der Waals surface area contributed by atoms with Crippen molar-refractivity contribution in [1.82, 2.24) is 9.13 Å². The maximum absolute atomic E-state index is 2.46. The van der Waals surface area contributed by atoms with Gasteiger partial charge in [0.2, 0.25) is 0 Å². The number of para-hydroxylation sites is 4. The summed E-state index contributed by atoms with van der Waals surface area (Å²) in [7, 11) is 0. The van der Waals surface area contributed by atoms with Crippen LogP contribution in [-0.4, -0.2) is 9.13 Å². The van der Waals surface area contributed by atoms with Gasteiger partial charge in [0.25, 0.3) is 0 Å². The second kappa shape index (κ2) is 16.0. The van der Waals surface area contributed by atoms with Crippen LogP contribution in [0.25, 0.3) is 98.4 Å². The molecule has 0 saturated heterocycles. The molecule has 0 unspecified atom stereocenters. The normalized spacial score (nSPS) is 11.9. The Morgan fingerprint density at radius 3 is 1.22 bits per heavy atom. The highest BCUT2D eigenvalue weighted by Gasteiger charge is 2.25. The van der Waals surface area contributed by atoms with Crippen molar-refractivity contribution < 1.29 is 0 Å². The first kappa shape index (κ1) is 40.3. The molecule has 0 fully saturated rings. The summed E-state index contributed by atoms with van der Waals surface area (Å²) < 4.78 is 4.83. The molecule has 0 saturated carbocycles.